The van der Waals surface area contributed by atoms with Crippen LogP contribution in [-0.4, -0.2) is 16.2 Å². The third-order valence-corrected chi connectivity index (χ3v) is 5.10. The van der Waals surface area contributed by atoms with Gasteiger partial charge in [-0.05, 0) is 36.2 Å². The van der Waals surface area contributed by atoms with Crippen LogP contribution in [0, 0.1) is 23.7 Å². The zero-order chi connectivity index (χ0) is 15.6. The molecule has 0 amide bonds. The van der Waals surface area contributed by atoms with Crippen molar-refractivity contribution in [2.24, 2.45) is 23.7 Å². The summed E-state index contributed by atoms with van der Waals surface area (Å²) < 4.78 is 0. The maximum atomic E-state index is 11.9. The van der Waals surface area contributed by atoms with Crippen molar-refractivity contribution in [2.75, 3.05) is 0 Å². The van der Waals surface area contributed by atoms with Crippen molar-refractivity contribution >= 4 is 5.97 Å². The highest BCUT2D eigenvalue weighted by molar-refractivity contribution is 5.79. The lowest BCUT2D eigenvalue weighted by Crippen LogP contribution is -2.49. The Hall–Kier alpha value is -1.35. The molecule has 3 heteroatoms. The molecule has 1 fully saturated rings. The van der Waals surface area contributed by atoms with Crippen LogP contribution < -0.4 is 0 Å². The topological polar surface area (TPSA) is 57.5 Å². The van der Waals surface area contributed by atoms with E-state index in [1.807, 2.05) is 6.07 Å². The summed E-state index contributed by atoms with van der Waals surface area (Å²) in [7, 11) is 0. The van der Waals surface area contributed by atoms with Crippen LogP contribution in [0.5, 0.6) is 0 Å². The minimum Gasteiger partial charge on any atom is -0.479 e. The van der Waals surface area contributed by atoms with E-state index in [2.05, 4.69) is 20.8 Å². The average Bonchev–Trinajstić information content (AvgIpc) is 2.46. The van der Waals surface area contributed by atoms with Gasteiger partial charge in [0.05, 0.1) is 0 Å². The maximum absolute atomic E-state index is 11.9. The molecule has 0 spiro atoms. The molecule has 2 N–H and O–H groups in total. The van der Waals surface area contributed by atoms with E-state index in [-0.39, 0.29) is 11.8 Å². The van der Waals surface area contributed by atoms with Crippen molar-refractivity contribution in [1.82, 2.24) is 0 Å². The van der Waals surface area contributed by atoms with Gasteiger partial charge in [0, 0.05) is 5.92 Å². The molecule has 1 aliphatic rings. The van der Waals surface area contributed by atoms with E-state index in [4.69, 9.17) is 0 Å². The Morgan fingerprint density at radius 3 is 2.38 bits per heavy atom. The molecule has 116 valence electrons. The molecular weight excluding hydrogens is 264 g/mol. The van der Waals surface area contributed by atoms with Gasteiger partial charge in [-0.15, -0.1) is 0 Å². The fourth-order valence-corrected chi connectivity index (χ4v) is 3.87. The first-order valence-electron chi connectivity index (χ1n) is 7.88. The van der Waals surface area contributed by atoms with Gasteiger partial charge >= 0.3 is 5.97 Å². The summed E-state index contributed by atoms with van der Waals surface area (Å²) in [6, 6.07) is 8.88. The van der Waals surface area contributed by atoms with E-state index < -0.39 is 11.6 Å². The Bertz CT molecular complexity index is 482. The molecule has 0 saturated heterocycles. The molecule has 0 bridgehead atoms. The van der Waals surface area contributed by atoms with Crippen LogP contribution in [-0.2, 0) is 10.4 Å². The van der Waals surface area contributed by atoms with Crippen LogP contribution in [0.2, 0.25) is 0 Å². The van der Waals surface area contributed by atoms with E-state index in [1.165, 1.54) is 0 Å². The van der Waals surface area contributed by atoms with Crippen molar-refractivity contribution in [3.05, 3.63) is 35.9 Å². The smallest absolute Gasteiger partial charge is 0.340 e. The van der Waals surface area contributed by atoms with E-state index in [0.717, 1.165) is 19.3 Å². The summed E-state index contributed by atoms with van der Waals surface area (Å²) in [6.07, 6.45) is 2.87. The first-order chi connectivity index (χ1) is 9.87. The van der Waals surface area contributed by atoms with Gasteiger partial charge < -0.3 is 10.2 Å². The van der Waals surface area contributed by atoms with Crippen molar-refractivity contribution < 1.29 is 15.0 Å². The van der Waals surface area contributed by atoms with E-state index in [1.54, 1.807) is 24.3 Å². The normalized spacial score (nSPS) is 29.1. The van der Waals surface area contributed by atoms with Crippen LogP contribution in [0.4, 0.5) is 0 Å². The number of aliphatic hydroxyl groups is 1. The zero-order valence-corrected chi connectivity index (χ0v) is 13.1. The molecule has 21 heavy (non-hydrogen) atoms. The van der Waals surface area contributed by atoms with Gasteiger partial charge in [0.25, 0.3) is 0 Å². The number of carboxylic acids is 1. The fourth-order valence-electron chi connectivity index (χ4n) is 3.87. The fraction of sp³-hybridized carbons (Fsp3) is 0.611. The number of hydrogen-bond acceptors (Lipinski definition) is 2. The minimum atomic E-state index is -1.79. The summed E-state index contributed by atoms with van der Waals surface area (Å²) in [4.78, 5) is 11.9. The second-order valence-electron chi connectivity index (χ2n) is 6.87. The highest BCUT2D eigenvalue weighted by Crippen LogP contribution is 2.47. The monoisotopic (exact) mass is 290 g/mol. The standard InChI is InChI=1S/C18H26O3/c1-12(2)15-10-9-13(3)11-16(15)18(21,17(19)20)14-7-5-4-6-8-14/h4-8,12-13,15-16,21H,9-11H2,1-3H3,(H,19,20). The van der Waals surface area contributed by atoms with Crippen molar-refractivity contribution in [2.45, 2.75) is 45.6 Å². The number of benzene rings is 1. The Kier molecular flexibility index (Phi) is 4.72. The molecule has 1 aliphatic carbocycles. The Balaban J connectivity index is 2.46. The van der Waals surface area contributed by atoms with Crippen molar-refractivity contribution in [3.63, 3.8) is 0 Å². The van der Waals surface area contributed by atoms with Gasteiger partial charge in [-0.1, -0.05) is 57.5 Å². The van der Waals surface area contributed by atoms with E-state index in [0.29, 0.717) is 17.4 Å². The number of hydrogen-bond donors (Lipinski definition) is 2. The second kappa shape index (κ2) is 6.18. The Morgan fingerprint density at radius 1 is 1.24 bits per heavy atom. The predicted octanol–water partition coefficient (Wildman–Crippen LogP) is 3.67. The van der Waals surface area contributed by atoms with Crippen molar-refractivity contribution in [1.29, 1.82) is 0 Å². The third kappa shape index (κ3) is 2.98. The molecule has 1 aromatic rings. The second-order valence-corrected chi connectivity index (χ2v) is 6.87. The van der Waals surface area contributed by atoms with E-state index >= 15 is 0 Å². The molecule has 3 nitrogen and oxygen atoms in total. The van der Waals surface area contributed by atoms with Gasteiger partial charge in [-0.3, -0.25) is 0 Å². The Labute approximate surface area is 127 Å². The Morgan fingerprint density at radius 2 is 1.86 bits per heavy atom. The summed E-state index contributed by atoms with van der Waals surface area (Å²) in [5.74, 6) is -0.293. The van der Waals surface area contributed by atoms with Gasteiger partial charge in [0.15, 0.2) is 5.60 Å². The summed E-state index contributed by atoms with van der Waals surface area (Å²) in [5.41, 5.74) is -1.28. The SMILES string of the molecule is CC1CCC(C(C)C)C(C(O)(C(=O)O)c2ccccc2)C1. The molecule has 1 saturated carbocycles. The summed E-state index contributed by atoms with van der Waals surface area (Å²) in [5, 5.41) is 20.9. The molecule has 0 radical (unpaired) electrons. The van der Waals surface area contributed by atoms with E-state index in [9.17, 15) is 15.0 Å². The molecule has 0 aliphatic heterocycles. The van der Waals surface area contributed by atoms with Crippen LogP contribution in [0.15, 0.2) is 30.3 Å². The lowest BCUT2D eigenvalue weighted by atomic mass is 9.62. The number of carboxylic acid groups (broad SMARTS) is 1. The summed E-state index contributed by atoms with van der Waals surface area (Å²) >= 11 is 0. The zero-order valence-electron chi connectivity index (χ0n) is 13.1. The van der Waals surface area contributed by atoms with Gasteiger partial charge in [0.1, 0.15) is 0 Å². The van der Waals surface area contributed by atoms with Crippen LogP contribution in [0.25, 0.3) is 0 Å². The lowest BCUT2D eigenvalue weighted by Gasteiger charge is -2.44. The van der Waals surface area contributed by atoms with Crippen molar-refractivity contribution in [3.8, 4) is 0 Å². The third-order valence-electron chi connectivity index (χ3n) is 5.10. The van der Waals surface area contributed by atoms with Gasteiger partial charge in [-0.25, -0.2) is 4.79 Å². The molecule has 0 aromatic heterocycles. The number of aliphatic carboxylic acids is 1. The van der Waals surface area contributed by atoms with Crippen LogP contribution in [0.1, 0.15) is 45.6 Å². The van der Waals surface area contributed by atoms with Gasteiger partial charge in [-0.2, -0.15) is 0 Å². The highest BCUT2D eigenvalue weighted by Gasteiger charge is 2.51. The molecule has 1 aromatic carbocycles. The number of rotatable bonds is 4. The lowest BCUT2D eigenvalue weighted by molar-refractivity contribution is -0.174. The molecule has 2 rings (SSSR count). The van der Waals surface area contributed by atoms with Crippen LogP contribution in [0.3, 0.4) is 0 Å². The predicted molar refractivity (Wildman–Crippen MR) is 82.8 cm³/mol. The first-order valence-corrected chi connectivity index (χ1v) is 7.88. The molecule has 0 heterocycles. The number of carbonyl (C=O) groups is 1. The molecule has 4 unspecified atom stereocenters. The molecular formula is C18H26O3. The minimum absolute atomic E-state index is 0.235. The van der Waals surface area contributed by atoms with Gasteiger partial charge in [0.2, 0.25) is 0 Å². The maximum Gasteiger partial charge on any atom is 0.340 e. The summed E-state index contributed by atoms with van der Waals surface area (Å²) in [6.45, 7) is 6.40. The molecule has 4 atom stereocenters. The quantitative estimate of drug-likeness (QED) is 0.889. The highest BCUT2D eigenvalue weighted by atomic mass is 16.4. The average molecular weight is 290 g/mol. The van der Waals surface area contributed by atoms with Crippen LogP contribution >= 0.6 is 0 Å². The first kappa shape index (κ1) is 16.0. The largest absolute Gasteiger partial charge is 0.479 e.